The van der Waals surface area contributed by atoms with E-state index < -0.39 is 11.7 Å². The van der Waals surface area contributed by atoms with Crippen LogP contribution < -0.4 is 0 Å². The first kappa shape index (κ1) is 21.2. The minimum Gasteiger partial charge on any atom is -0.338 e. The number of carbonyl (C=O) groups excluding carboxylic acids is 1. The maximum absolute atomic E-state index is 13.9. The average molecular weight is 438 g/mol. The van der Waals surface area contributed by atoms with Crippen LogP contribution in [0.4, 0.5) is 17.6 Å². The Kier molecular flexibility index (Phi) is 6.06. The molecule has 1 saturated heterocycles. The summed E-state index contributed by atoms with van der Waals surface area (Å²) in [5.74, 6) is -0.378. The van der Waals surface area contributed by atoms with Gasteiger partial charge in [0.2, 0.25) is 5.91 Å². The van der Waals surface area contributed by atoms with Crippen LogP contribution in [-0.2, 0) is 17.5 Å². The molecule has 1 saturated carbocycles. The van der Waals surface area contributed by atoms with Gasteiger partial charge in [-0.15, -0.1) is 0 Å². The maximum atomic E-state index is 13.9. The van der Waals surface area contributed by atoms with Crippen molar-refractivity contribution in [3.63, 3.8) is 0 Å². The molecule has 8 heteroatoms. The summed E-state index contributed by atoms with van der Waals surface area (Å²) in [5, 5.41) is 0. The van der Waals surface area contributed by atoms with E-state index in [-0.39, 0.29) is 36.8 Å². The van der Waals surface area contributed by atoms with Crippen LogP contribution in [-0.4, -0.2) is 33.7 Å². The predicted molar refractivity (Wildman–Crippen MR) is 107 cm³/mol. The zero-order valence-electron chi connectivity index (χ0n) is 16.2. The Bertz CT molecular complexity index is 916. The highest BCUT2D eigenvalue weighted by Gasteiger charge is 2.39. The molecule has 3 nitrogen and oxygen atoms in total. The Labute approximate surface area is 177 Å². The predicted octanol–water partition coefficient (Wildman–Crippen LogP) is 5.51. The summed E-state index contributed by atoms with van der Waals surface area (Å²) in [6.45, 7) is 0.743. The van der Waals surface area contributed by atoms with Gasteiger partial charge in [0.05, 0.1) is 5.56 Å². The molecule has 2 fully saturated rings. The number of amides is 1. The van der Waals surface area contributed by atoms with Gasteiger partial charge in [-0.05, 0) is 55.5 Å². The van der Waals surface area contributed by atoms with Crippen molar-refractivity contribution in [1.29, 1.82) is 0 Å². The standard InChI is InChI=1S/C22H22F4N2OS/c23-20-7-2-1-4-15(20)14-27-11-10-18(13-21(27)29)28(17-8-9-17)30-19-6-3-5-16(12-19)22(24,25)26/h1-7,12,17-18H,8-11,13-14H2. The molecule has 1 atom stereocenters. The third-order valence-corrected chi connectivity index (χ3v) is 6.72. The summed E-state index contributed by atoms with van der Waals surface area (Å²) in [6.07, 6.45) is -1.42. The molecule has 1 heterocycles. The second-order valence-corrected chi connectivity index (χ2v) is 8.84. The first-order valence-electron chi connectivity index (χ1n) is 9.96. The van der Waals surface area contributed by atoms with Gasteiger partial charge < -0.3 is 4.90 Å². The monoisotopic (exact) mass is 438 g/mol. The quantitative estimate of drug-likeness (QED) is 0.439. The highest BCUT2D eigenvalue weighted by atomic mass is 32.2. The lowest BCUT2D eigenvalue weighted by Crippen LogP contribution is -2.46. The number of piperidine rings is 1. The lowest BCUT2D eigenvalue weighted by molar-refractivity contribution is -0.138. The Morgan fingerprint density at radius 1 is 1.03 bits per heavy atom. The minimum atomic E-state index is -4.38. The van der Waals surface area contributed by atoms with E-state index in [9.17, 15) is 22.4 Å². The van der Waals surface area contributed by atoms with Gasteiger partial charge in [-0.25, -0.2) is 8.70 Å². The number of halogens is 4. The number of hydrogen-bond donors (Lipinski definition) is 0. The number of carbonyl (C=O) groups is 1. The molecular weight excluding hydrogens is 416 g/mol. The van der Waals surface area contributed by atoms with E-state index in [1.165, 1.54) is 24.1 Å². The van der Waals surface area contributed by atoms with Crippen molar-refractivity contribution in [2.45, 2.75) is 55.4 Å². The van der Waals surface area contributed by atoms with E-state index in [4.69, 9.17) is 0 Å². The molecule has 30 heavy (non-hydrogen) atoms. The second kappa shape index (κ2) is 8.59. The largest absolute Gasteiger partial charge is 0.416 e. The fourth-order valence-corrected chi connectivity index (χ4v) is 4.96. The fraction of sp³-hybridized carbons (Fsp3) is 0.409. The molecule has 0 spiro atoms. The van der Waals surface area contributed by atoms with Crippen molar-refractivity contribution in [2.24, 2.45) is 0 Å². The topological polar surface area (TPSA) is 23.6 Å². The molecule has 1 amide bonds. The van der Waals surface area contributed by atoms with Gasteiger partial charge in [0.15, 0.2) is 0 Å². The summed E-state index contributed by atoms with van der Waals surface area (Å²) >= 11 is 1.31. The van der Waals surface area contributed by atoms with Gasteiger partial charge in [-0.2, -0.15) is 13.2 Å². The fourth-order valence-electron chi connectivity index (χ4n) is 3.71. The van der Waals surface area contributed by atoms with Crippen molar-refractivity contribution in [1.82, 2.24) is 9.21 Å². The molecule has 2 aromatic carbocycles. The molecule has 1 unspecified atom stereocenters. The van der Waals surface area contributed by atoms with E-state index in [2.05, 4.69) is 4.31 Å². The van der Waals surface area contributed by atoms with Gasteiger partial charge in [0.25, 0.3) is 0 Å². The number of nitrogens with zero attached hydrogens (tertiary/aromatic N) is 2. The van der Waals surface area contributed by atoms with Crippen LogP contribution in [0.3, 0.4) is 0 Å². The SMILES string of the molecule is O=C1CC(N(Sc2cccc(C(F)(F)F)c2)C2CC2)CCN1Cc1ccccc1F. The summed E-state index contributed by atoms with van der Waals surface area (Å²) in [7, 11) is 0. The van der Waals surface area contributed by atoms with Crippen molar-refractivity contribution >= 4 is 17.9 Å². The Morgan fingerprint density at radius 2 is 1.80 bits per heavy atom. The van der Waals surface area contributed by atoms with Crippen LogP contribution in [0, 0.1) is 5.82 Å². The molecule has 0 N–H and O–H groups in total. The third-order valence-electron chi connectivity index (χ3n) is 5.45. The first-order chi connectivity index (χ1) is 14.3. The molecule has 0 bridgehead atoms. The van der Waals surface area contributed by atoms with Crippen molar-refractivity contribution < 1.29 is 22.4 Å². The van der Waals surface area contributed by atoms with Gasteiger partial charge in [0.1, 0.15) is 5.82 Å². The lowest BCUT2D eigenvalue weighted by Gasteiger charge is -2.37. The molecule has 0 aromatic heterocycles. The van der Waals surface area contributed by atoms with E-state index in [0.29, 0.717) is 23.4 Å². The molecule has 1 aliphatic heterocycles. The van der Waals surface area contributed by atoms with E-state index in [1.807, 2.05) is 0 Å². The Balaban J connectivity index is 1.43. The normalized spacial score (nSPS) is 20.1. The molecular formula is C22H22F4N2OS. The maximum Gasteiger partial charge on any atom is 0.416 e. The van der Waals surface area contributed by atoms with E-state index in [1.54, 1.807) is 29.2 Å². The number of hydrogen-bond acceptors (Lipinski definition) is 3. The van der Waals surface area contributed by atoms with Crippen LogP contribution >= 0.6 is 11.9 Å². The van der Waals surface area contributed by atoms with Crippen LogP contribution in [0.25, 0.3) is 0 Å². The molecule has 2 aliphatic rings. The van der Waals surface area contributed by atoms with Crippen LogP contribution in [0.2, 0.25) is 0 Å². The van der Waals surface area contributed by atoms with Crippen LogP contribution in [0.1, 0.15) is 36.8 Å². The summed E-state index contributed by atoms with van der Waals surface area (Å²) in [6, 6.07) is 12.0. The Hall–Kier alpha value is -2.06. The first-order valence-corrected chi connectivity index (χ1v) is 10.7. The van der Waals surface area contributed by atoms with Crippen molar-refractivity contribution in [2.75, 3.05) is 6.54 Å². The minimum absolute atomic E-state index is 0.0404. The summed E-state index contributed by atoms with van der Waals surface area (Å²) in [5.41, 5.74) is -0.180. The summed E-state index contributed by atoms with van der Waals surface area (Å²) < 4.78 is 55.1. The van der Waals surface area contributed by atoms with Gasteiger partial charge in [0, 0.05) is 42.1 Å². The molecule has 0 radical (unpaired) electrons. The third kappa shape index (κ3) is 4.98. The van der Waals surface area contributed by atoms with Crippen LogP contribution in [0.5, 0.6) is 0 Å². The molecule has 4 rings (SSSR count). The Morgan fingerprint density at radius 3 is 2.47 bits per heavy atom. The summed E-state index contributed by atoms with van der Waals surface area (Å²) in [4.78, 5) is 14.9. The zero-order chi connectivity index (χ0) is 21.3. The van der Waals surface area contributed by atoms with Crippen molar-refractivity contribution in [3.8, 4) is 0 Å². The molecule has 160 valence electrons. The number of benzene rings is 2. The smallest absolute Gasteiger partial charge is 0.338 e. The highest BCUT2D eigenvalue weighted by molar-refractivity contribution is 7.97. The van der Waals surface area contributed by atoms with Crippen LogP contribution in [0.15, 0.2) is 53.4 Å². The molecule has 2 aromatic rings. The molecule has 1 aliphatic carbocycles. The zero-order valence-corrected chi connectivity index (χ0v) is 17.1. The average Bonchev–Trinajstić information content (AvgIpc) is 3.54. The van der Waals surface area contributed by atoms with Gasteiger partial charge in [-0.3, -0.25) is 4.79 Å². The number of likely N-dealkylation sites (tertiary alicyclic amines) is 1. The number of rotatable bonds is 6. The van der Waals surface area contributed by atoms with E-state index in [0.717, 1.165) is 25.0 Å². The van der Waals surface area contributed by atoms with Gasteiger partial charge in [-0.1, -0.05) is 24.3 Å². The van der Waals surface area contributed by atoms with Gasteiger partial charge >= 0.3 is 6.18 Å². The highest BCUT2D eigenvalue weighted by Crippen LogP contribution is 2.41. The number of alkyl halides is 3. The van der Waals surface area contributed by atoms with E-state index >= 15 is 0 Å². The second-order valence-electron chi connectivity index (χ2n) is 7.76. The van der Waals surface area contributed by atoms with Crippen molar-refractivity contribution in [3.05, 3.63) is 65.5 Å². The lowest BCUT2D eigenvalue weighted by atomic mass is 10.0.